The maximum Gasteiger partial charge on any atom is 0.251 e. The van der Waals surface area contributed by atoms with Crippen molar-refractivity contribution in [1.29, 1.82) is 0 Å². The second-order valence-electron chi connectivity index (χ2n) is 10.6. The molecule has 0 unspecified atom stereocenters. The lowest BCUT2D eigenvalue weighted by atomic mass is 9.86. The van der Waals surface area contributed by atoms with E-state index in [1.165, 1.54) is 0 Å². The first-order valence-corrected chi connectivity index (χ1v) is 11.0. The zero-order chi connectivity index (χ0) is 22.6. The molecule has 2 atom stereocenters. The van der Waals surface area contributed by atoms with Gasteiger partial charge in [0.05, 0.1) is 6.10 Å². The van der Waals surface area contributed by atoms with Crippen molar-refractivity contribution in [3.8, 4) is 0 Å². The van der Waals surface area contributed by atoms with Crippen LogP contribution in [0.3, 0.4) is 0 Å². The van der Waals surface area contributed by atoms with Crippen LogP contribution in [-0.2, 0) is 11.2 Å². The molecule has 168 valence electrons. The second kappa shape index (κ2) is 9.48. The fourth-order valence-corrected chi connectivity index (χ4v) is 3.92. The molecule has 1 fully saturated rings. The molecule has 0 aliphatic carbocycles. The van der Waals surface area contributed by atoms with Crippen LogP contribution in [-0.4, -0.2) is 46.2 Å². The number of nitrogens with one attached hydrogen (secondary N) is 3. The maximum absolute atomic E-state index is 12.9. The van der Waals surface area contributed by atoms with E-state index < -0.39 is 11.6 Å². The quantitative estimate of drug-likeness (QED) is 0.549. The van der Waals surface area contributed by atoms with E-state index in [1.54, 1.807) is 0 Å². The monoisotopic (exact) mass is 417 g/mol. The predicted octanol–water partition coefficient (Wildman–Crippen LogP) is 2.94. The average Bonchev–Trinajstić information content (AvgIpc) is 3.07. The first-order valence-electron chi connectivity index (χ1n) is 11.0. The molecule has 6 nitrogen and oxygen atoms in total. The SMILES string of the molecule is CC(C)(C)NC(=O)c1ccccc1CC[C@H](O)C[C@]1(C(=O)NC(C)(C)C)CCCN1. The van der Waals surface area contributed by atoms with Crippen LogP contribution in [0.2, 0.25) is 0 Å². The summed E-state index contributed by atoms with van der Waals surface area (Å²) in [6, 6.07) is 7.51. The molecule has 1 heterocycles. The second-order valence-corrected chi connectivity index (χ2v) is 10.6. The first kappa shape index (κ1) is 24.4. The summed E-state index contributed by atoms with van der Waals surface area (Å²) in [4.78, 5) is 25.6. The van der Waals surface area contributed by atoms with Crippen LogP contribution in [0.15, 0.2) is 24.3 Å². The molecule has 6 heteroatoms. The normalized spacial score (nSPS) is 20.6. The van der Waals surface area contributed by atoms with Crippen LogP contribution >= 0.6 is 0 Å². The Hall–Kier alpha value is -1.92. The largest absolute Gasteiger partial charge is 0.393 e. The number of carbonyl (C=O) groups excluding carboxylic acids is 2. The molecule has 1 aromatic carbocycles. The Morgan fingerprint density at radius 3 is 2.30 bits per heavy atom. The highest BCUT2D eigenvalue weighted by Gasteiger charge is 2.43. The van der Waals surface area contributed by atoms with Crippen LogP contribution in [0.4, 0.5) is 0 Å². The number of aliphatic hydroxyl groups excluding tert-OH is 1. The lowest BCUT2D eigenvalue weighted by molar-refractivity contribution is -0.130. The topological polar surface area (TPSA) is 90.5 Å². The smallest absolute Gasteiger partial charge is 0.251 e. The van der Waals surface area contributed by atoms with Crippen molar-refractivity contribution < 1.29 is 14.7 Å². The molecule has 1 saturated heterocycles. The van der Waals surface area contributed by atoms with E-state index in [-0.39, 0.29) is 22.9 Å². The van der Waals surface area contributed by atoms with Gasteiger partial charge in [-0.2, -0.15) is 0 Å². The lowest BCUT2D eigenvalue weighted by Crippen LogP contribution is -2.58. The summed E-state index contributed by atoms with van der Waals surface area (Å²) in [5.41, 5.74) is 0.184. The summed E-state index contributed by atoms with van der Waals surface area (Å²) >= 11 is 0. The number of benzene rings is 1. The first-order chi connectivity index (χ1) is 13.8. The zero-order valence-corrected chi connectivity index (χ0v) is 19.4. The Labute approximate surface area is 181 Å². The van der Waals surface area contributed by atoms with Gasteiger partial charge < -0.3 is 21.1 Å². The number of hydrogen-bond acceptors (Lipinski definition) is 4. The number of aliphatic hydroxyl groups is 1. The van der Waals surface area contributed by atoms with Crippen molar-refractivity contribution in [3.63, 3.8) is 0 Å². The van der Waals surface area contributed by atoms with Gasteiger partial charge in [0.2, 0.25) is 5.91 Å². The summed E-state index contributed by atoms with van der Waals surface area (Å²) in [7, 11) is 0. The molecule has 1 aliphatic rings. The molecule has 0 spiro atoms. The van der Waals surface area contributed by atoms with Crippen molar-refractivity contribution in [3.05, 3.63) is 35.4 Å². The van der Waals surface area contributed by atoms with E-state index >= 15 is 0 Å². The maximum atomic E-state index is 12.9. The van der Waals surface area contributed by atoms with E-state index in [0.29, 0.717) is 24.8 Å². The van der Waals surface area contributed by atoms with E-state index in [0.717, 1.165) is 24.9 Å². The van der Waals surface area contributed by atoms with Crippen molar-refractivity contribution in [2.24, 2.45) is 0 Å². The molecule has 1 aromatic rings. The highest BCUT2D eigenvalue weighted by atomic mass is 16.3. The molecular weight excluding hydrogens is 378 g/mol. The van der Waals surface area contributed by atoms with Crippen LogP contribution in [0.25, 0.3) is 0 Å². The summed E-state index contributed by atoms with van der Waals surface area (Å²) in [6.07, 6.45) is 2.43. The van der Waals surface area contributed by atoms with Gasteiger partial charge in [-0.15, -0.1) is 0 Å². The van der Waals surface area contributed by atoms with Crippen molar-refractivity contribution in [2.45, 2.75) is 96.4 Å². The van der Waals surface area contributed by atoms with E-state index in [4.69, 9.17) is 0 Å². The third-order valence-electron chi connectivity index (χ3n) is 5.25. The molecule has 0 radical (unpaired) electrons. The van der Waals surface area contributed by atoms with Crippen LogP contribution in [0.5, 0.6) is 0 Å². The Morgan fingerprint density at radius 2 is 1.73 bits per heavy atom. The Bertz CT molecular complexity index is 741. The van der Waals surface area contributed by atoms with Gasteiger partial charge >= 0.3 is 0 Å². The summed E-state index contributed by atoms with van der Waals surface area (Å²) < 4.78 is 0. The molecular formula is C24H39N3O3. The van der Waals surface area contributed by atoms with Crippen LogP contribution in [0.1, 0.15) is 83.1 Å². The number of aryl methyl sites for hydroxylation is 1. The standard InChI is InChI=1S/C24H39N3O3/c1-22(2,3)26-20(29)19-11-8-7-10-17(19)12-13-18(28)16-24(14-9-15-25-24)21(30)27-23(4,5)6/h7-8,10-11,18,25,28H,9,12-16H2,1-6H3,(H,26,29)(H,27,30)/t18-,24-/m0/s1. The van der Waals surface area contributed by atoms with E-state index in [2.05, 4.69) is 16.0 Å². The van der Waals surface area contributed by atoms with Crippen LogP contribution < -0.4 is 16.0 Å². The Morgan fingerprint density at radius 1 is 1.10 bits per heavy atom. The molecule has 0 saturated carbocycles. The number of amides is 2. The van der Waals surface area contributed by atoms with Gasteiger partial charge in [0.1, 0.15) is 5.54 Å². The minimum Gasteiger partial charge on any atom is -0.393 e. The molecule has 1 aliphatic heterocycles. The van der Waals surface area contributed by atoms with Gasteiger partial charge in [-0.1, -0.05) is 18.2 Å². The minimum atomic E-state index is -0.726. The third-order valence-corrected chi connectivity index (χ3v) is 5.25. The van der Waals surface area contributed by atoms with Gasteiger partial charge in [0.25, 0.3) is 5.91 Å². The van der Waals surface area contributed by atoms with Gasteiger partial charge in [0.15, 0.2) is 0 Å². The van der Waals surface area contributed by atoms with Crippen molar-refractivity contribution in [2.75, 3.05) is 6.54 Å². The number of carbonyl (C=O) groups is 2. The fraction of sp³-hybridized carbons (Fsp3) is 0.667. The van der Waals surface area contributed by atoms with Gasteiger partial charge in [0, 0.05) is 23.1 Å². The zero-order valence-electron chi connectivity index (χ0n) is 19.4. The van der Waals surface area contributed by atoms with E-state index in [9.17, 15) is 14.7 Å². The summed E-state index contributed by atoms with van der Waals surface area (Å²) in [6.45, 7) is 12.5. The Kier molecular flexibility index (Phi) is 7.69. The average molecular weight is 418 g/mol. The predicted molar refractivity (Wildman–Crippen MR) is 120 cm³/mol. The lowest BCUT2D eigenvalue weighted by Gasteiger charge is -2.34. The molecule has 2 amide bonds. The fourth-order valence-electron chi connectivity index (χ4n) is 3.92. The molecule has 2 rings (SSSR count). The molecule has 4 N–H and O–H groups in total. The van der Waals surface area contributed by atoms with Gasteiger partial charge in [-0.05, 0) is 85.4 Å². The minimum absolute atomic E-state index is 0.0449. The number of rotatable bonds is 7. The van der Waals surface area contributed by atoms with Crippen molar-refractivity contribution in [1.82, 2.24) is 16.0 Å². The molecule has 0 aromatic heterocycles. The summed E-state index contributed by atoms with van der Waals surface area (Å²) in [5.74, 6) is -0.150. The third kappa shape index (κ3) is 7.10. The van der Waals surface area contributed by atoms with Crippen LogP contribution in [0, 0.1) is 0 Å². The number of hydrogen-bond donors (Lipinski definition) is 4. The van der Waals surface area contributed by atoms with E-state index in [1.807, 2.05) is 65.8 Å². The van der Waals surface area contributed by atoms with Gasteiger partial charge in [-0.3, -0.25) is 9.59 Å². The van der Waals surface area contributed by atoms with Crippen molar-refractivity contribution >= 4 is 11.8 Å². The highest BCUT2D eigenvalue weighted by Crippen LogP contribution is 2.27. The highest BCUT2D eigenvalue weighted by molar-refractivity contribution is 5.96. The molecule has 0 bridgehead atoms. The molecule has 30 heavy (non-hydrogen) atoms. The Balaban J connectivity index is 2.04. The van der Waals surface area contributed by atoms with Gasteiger partial charge in [-0.25, -0.2) is 0 Å². The summed E-state index contributed by atoms with van der Waals surface area (Å²) in [5, 5.41) is 20.2.